The Morgan fingerprint density at radius 2 is 1.96 bits per heavy atom. The zero-order valence-corrected chi connectivity index (χ0v) is 14.8. The van der Waals surface area contributed by atoms with Gasteiger partial charge in [-0.15, -0.1) is 0 Å². The first-order valence-corrected chi connectivity index (χ1v) is 9.79. The fourth-order valence-electron chi connectivity index (χ4n) is 2.62. The van der Waals surface area contributed by atoms with Crippen LogP contribution in [0.1, 0.15) is 13.3 Å². The number of hydrogen-bond acceptors (Lipinski definition) is 5. The third kappa shape index (κ3) is 5.56. The molecule has 1 aliphatic rings. The molecule has 2 rings (SSSR count). The van der Waals surface area contributed by atoms with Gasteiger partial charge in [-0.1, -0.05) is 36.4 Å². The van der Waals surface area contributed by atoms with E-state index in [0.29, 0.717) is 12.1 Å². The second-order valence-corrected chi connectivity index (χ2v) is 7.88. The third-order valence-corrected chi connectivity index (χ3v) is 5.50. The van der Waals surface area contributed by atoms with Crippen LogP contribution in [-0.2, 0) is 24.2 Å². The Bertz CT molecular complexity index is 768. The molecule has 0 aliphatic carbocycles. The Balaban J connectivity index is 2.10. The highest BCUT2D eigenvalue weighted by molar-refractivity contribution is 7.91. The molecule has 1 atom stereocenters. The number of carbonyl (C=O) groups is 2. The largest absolute Gasteiger partial charge is 0.452 e. The lowest BCUT2D eigenvalue weighted by Crippen LogP contribution is -2.43. The first-order chi connectivity index (χ1) is 11.9. The maximum Gasteiger partial charge on any atom is 0.331 e. The molecule has 0 aromatic heterocycles. The van der Waals surface area contributed by atoms with Crippen LogP contribution in [0.25, 0.3) is 0 Å². The molecule has 0 saturated carbocycles. The molecular weight excluding hydrogens is 342 g/mol. The summed E-state index contributed by atoms with van der Waals surface area (Å²) in [5.41, 5.74) is 0.593. The first kappa shape index (κ1) is 18.9. The van der Waals surface area contributed by atoms with Crippen molar-refractivity contribution >= 4 is 27.4 Å². The van der Waals surface area contributed by atoms with Crippen molar-refractivity contribution < 1.29 is 22.7 Å². The minimum absolute atomic E-state index is 0.0557. The maximum atomic E-state index is 12.6. The number of hydrogen-bond donors (Lipinski definition) is 0. The Kier molecular flexibility index (Phi) is 6.52. The van der Waals surface area contributed by atoms with Gasteiger partial charge >= 0.3 is 5.97 Å². The fraction of sp³-hybridized carbons (Fsp3) is 0.333. The Morgan fingerprint density at radius 1 is 1.24 bits per heavy atom. The van der Waals surface area contributed by atoms with Gasteiger partial charge in [0.25, 0.3) is 5.91 Å². The van der Waals surface area contributed by atoms with Crippen molar-refractivity contribution in [3.8, 4) is 0 Å². The number of anilines is 1. The number of ether oxygens (including phenoxy) is 1. The van der Waals surface area contributed by atoms with E-state index in [0.717, 1.165) is 0 Å². The van der Waals surface area contributed by atoms with Gasteiger partial charge in [-0.25, -0.2) is 13.2 Å². The fourth-order valence-corrected chi connectivity index (χ4v) is 4.32. The maximum absolute atomic E-state index is 12.6. The van der Waals surface area contributed by atoms with Crippen LogP contribution in [0.4, 0.5) is 5.69 Å². The lowest BCUT2D eigenvalue weighted by Gasteiger charge is -2.28. The molecule has 1 saturated heterocycles. The van der Waals surface area contributed by atoms with Crippen molar-refractivity contribution in [1.82, 2.24) is 0 Å². The van der Waals surface area contributed by atoms with Crippen molar-refractivity contribution in [3.63, 3.8) is 0 Å². The molecule has 1 aromatic carbocycles. The van der Waals surface area contributed by atoms with Crippen molar-refractivity contribution in [2.45, 2.75) is 19.4 Å². The topological polar surface area (TPSA) is 80.8 Å². The Morgan fingerprint density at radius 3 is 2.56 bits per heavy atom. The molecule has 0 radical (unpaired) electrons. The average Bonchev–Trinajstić information content (AvgIpc) is 2.94. The number of nitrogens with zero attached hydrogens (tertiary/aromatic N) is 1. The summed E-state index contributed by atoms with van der Waals surface area (Å²) in [4.78, 5) is 25.6. The quantitative estimate of drug-likeness (QED) is 0.438. The summed E-state index contributed by atoms with van der Waals surface area (Å²) in [6, 6.07) is 8.37. The number of allylic oxidation sites excluding steroid dienone is 3. The van der Waals surface area contributed by atoms with Crippen LogP contribution in [-0.4, -0.2) is 44.4 Å². The van der Waals surface area contributed by atoms with Crippen LogP contribution in [0.2, 0.25) is 0 Å². The van der Waals surface area contributed by atoms with Crippen LogP contribution in [0.5, 0.6) is 0 Å². The molecule has 0 unspecified atom stereocenters. The smallest absolute Gasteiger partial charge is 0.331 e. The molecule has 7 heteroatoms. The molecule has 0 N–H and O–H groups in total. The average molecular weight is 363 g/mol. The van der Waals surface area contributed by atoms with Crippen molar-refractivity contribution in [2.24, 2.45) is 0 Å². The van der Waals surface area contributed by atoms with E-state index >= 15 is 0 Å². The normalized spacial score (nSPS) is 19.3. The number of sulfone groups is 1. The van der Waals surface area contributed by atoms with E-state index in [1.807, 2.05) is 13.0 Å². The Hall–Kier alpha value is -2.41. The zero-order valence-electron chi connectivity index (χ0n) is 14.0. The molecule has 1 heterocycles. The summed E-state index contributed by atoms with van der Waals surface area (Å²) in [5.74, 6) is -1.09. The molecule has 1 amide bonds. The minimum Gasteiger partial charge on any atom is -0.452 e. The van der Waals surface area contributed by atoms with Gasteiger partial charge < -0.3 is 9.64 Å². The van der Waals surface area contributed by atoms with Gasteiger partial charge in [-0.05, 0) is 25.5 Å². The van der Waals surface area contributed by atoms with Crippen LogP contribution >= 0.6 is 0 Å². The highest BCUT2D eigenvalue weighted by Crippen LogP contribution is 2.24. The van der Waals surface area contributed by atoms with Crippen molar-refractivity contribution in [3.05, 3.63) is 54.6 Å². The lowest BCUT2D eigenvalue weighted by molar-refractivity contribution is -0.143. The van der Waals surface area contributed by atoms with E-state index in [1.54, 1.807) is 36.4 Å². The molecule has 0 bridgehead atoms. The molecular formula is C18H21NO5S. The number of carbonyl (C=O) groups excluding carboxylic acids is 2. The lowest BCUT2D eigenvalue weighted by atomic mass is 10.2. The zero-order chi connectivity index (χ0) is 18.3. The van der Waals surface area contributed by atoms with E-state index in [4.69, 9.17) is 4.74 Å². The summed E-state index contributed by atoms with van der Waals surface area (Å²) in [7, 11) is -3.15. The Labute approximate surface area is 147 Å². The summed E-state index contributed by atoms with van der Waals surface area (Å²) in [6.07, 6.45) is 6.54. The molecule has 25 heavy (non-hydrogen) atoms. The van der Waals surface area contributed by atoms with Crippen LogP contribution in [0, 0.1) is 0 Å². The molecule has 6 nitrogen and oxygen atoms in total. The van der Waals surface area contributed by atoms with Crippen LogP contribution in [0.15, 0.2) is 54.6 Å². The number of esters is 1. The third-order valence-electron chi connectivity index (χ3n) is 3.75. The second-order valence-electron chi connectivity index (χ2n) is 5.65. The van der Waals surface area contributed by atoms with Crippen molar-refractivity contribution in [2.75, 3.05) is 23.0 Å². The molecule has 1 fully saturated rings. The number of benzene rings is 1. The number of para-hydroxylation sites is 1. The van der Waals surface area contributed by atoms with E-state index in [2.05, 4.69) is 0 Å². The molecule has 1 aromatic rings. The summed E-state index contributed by atoms with van der Waals surface area (Å²) >= 11 is 0. The van der Waals surface area contributed by atoms with Gasteiger partial charge in [-0.3, -0.25) is 4.79 Å². The first-order valence-electron chi connectivity index (χ1n) is 7.96. The van der Waals surface area contributed by atoms with E-state index in [-0.39, 0.29) is 11.5 Å². The second kappa shape index (κ2) is 8.62. The van der Waals surface area contributed by atoms with Crippen molar-refractivity contribution in [1.29, 1.82) is 0 Å². The number of amides is 1. The standard InChI is InChI=1S/C18H21NO5S/c1-2-3-5-10-18(21)24-13-17(20)19(15-8-6-4-7-9-15)16-11-12-25(22,23)14-16/h2-10,16H,11-14H2,1H3/b3-2+,10-5+/t16-/m0/s1. The molecule has 1 aliphatic heterocycles. The van der Waals surface area contributed by atoms with Crippen LogP contribution < -0.4 is 4.90 Å². The van der Waals surface area contributed by atoms with E-state index < -0.39 is 34.4 Å². The van der Waals surface area contributed by atoms with Gasteiger partial charge in [0.15, 0.2) is 16.4 Å². The monoisotopic (exact) mass is 363 g/mol. The van der Waals surface area contributed by atoms with Gasteiger partial charge in [0.2, 0.25) is 0 Å². The summed E-state index contributed by atoms with van der Waals surface area (Å²) in [6.45, 7) is 1.37. The van der Waals surface area contributed by atoms with E-state index in [9.17, 15) is 18.0 Å². The summed E-state index contributed by atoms with van der Waals surface area (Å²) in [5, 5.41) is 0. The van der Waals surface area contributed by atoms with Gasteiger partial charge in [-0.2, -0.15) is 0 Å². The van der Waals surface area contributed by atoms with Gasteiger partial charge in [0.1, 0.15) is 0 Å². The van der Waals surface area contributed by atoms with E-state index in [1.165, 1.54) is 17.1 Å². The highest BCUT2D eigenvalue weighted by atomic mass is 32.2. The highest BCUT2D eigenvalue weighted by Gasteiger charge is 2.35. The van der Waals surface area contributed by atoms with Gasteiger partial charge in [0.05, 0.1) is 17.5 Å². The van der Waals surface area contributed by atoms with Crippen LogP contribution in [0.3, 0.4) is 0 Å². The minimum atomic E-state index is -3.15. The predicted molar refractivity (Wildman–Crippen MR) is 95.9 cm³/mol. The van der Waals surface area contributed by atoms with Gasteiger partial charge in [0, 0.05) is 11.8 Å². The molecule has 134 valence electrons. The predicted octanol–water partition coefficient (Wildman–Crippen LogP) is 1.88. The SMILES string of the molecule is C/C=C/C=C/C(=O)OCC(=O)N(c1ccccc1)[C@H]1CCS(=O)(=O)C1. The number of rotatable bonds is 6. The molecule has 0 spiro atoms. The summed E-state index contributed by atoms with van der Waals surface area (Å²) < 4.78 is 28.5.